The number of alkyl halides is 2. The Kier molecular flexibility index (Phi) is 7.10. The van der Waals surface area contributed by atoms with E-state index >= 15 is 0 Å². The third kappa shape index (κ3) is 5.76. The zero-order chi connectivity index (χ0) is 31.5. The van der Waals surface area contributed by atoms with Gasteiger partial charge in [-0.1, -0.05) is 11.2 Å². The molecule has 2 aliphatic carbocycles. The number of carbonyl (C=O) groups excluding carboxylic acids is 1. The molecule has 1 aliphatic heterocycles. The SMILES string of the molecule is Cc1ccncc1-c1noc(C2CC2)c1C1=CC2(CCN(c3ccc4nc(C(=O)NS(C)(=O)=O)cc(OC(F)F)c4c3)CC2)C1. The van der Waals surface area contributed by atoms with E-state index in [2.05, 4.69) is 33.0 Å². The predicted molar refractivity (Wildman–Crippen MR) is 164 cm³/mol. The number of amides is 1. The van der Waals surface area contributed by atoms with Gasteiger partial charge in [0.05, 0.1) is 11.8 Å². The molecule has 0 bridgehead atoms. The molecule has 1 aromatic carbocycles. The molecule has 1 N–H and O–H groups in total. The Labute approximate surface area is 258 Å². The smallest absolute Gasteiger partial charge is 0.387 e. The predicted octanol–water partition coefficient (Wildman–Crippen LogP) is 5.84. The number of sulfonamides is 1. The number of aryl methyl sites for hydroxylation is 1. The number of carbonyl (C=O) groups is 1. The van der Waals surface area contributed by atoms with E-state index in [4.69, 9.17) is 9.26 Å². The minimum Gasteiger partial charge on any atom is -0.434 e. The maximum atomic E-state index is 13.3. The van der Waals surface area contributed by atoms with E-state index in [0.717, 1.165) is 91.3 Å². The number of halogens is 2. The van der Waals surface area contributed by atoms with Crippen LogP contribution in [0.25, 0.3) is 27.7 Å². The second-order valence-electron chi connectivity index (χ2n) is 12.2. The van der Waals surface area contributed by atoms with Gasteiger partial charge in [-0.2, -0.15) is 8.78 Å². The summed E-state index contributed by atoms with van der Waals surface area (Å²) in [4.78, 5) is 23.1. The summed E-state index contributed by atoms with van der Waals surface area (Å²) in [6.45, 7) is 0.429. The first kappa shape index (κ1) is 29.3. The average molecular weight is 636 g/mol. The highest BCUT2D eigenvalue weighted by atomic mass is 32.2. The van der Waals surface area contributed by atoms with Gasteiger partial charge in [-0.3, -0.25) is 9.78 Å². The van der Waals surface area contributed by atoms with Gasteiger partial charge in [0.25, 0.3) is 5.91 Å². The summed E-state index contributed by atoms with van der Waals surface area (Å²) >= 11 is 0. The van der Waals surface area contributed by atoms with E-state index < -0.39 is 22.5 Å². The van der Waals surface area contributed by atoms with Gasteiger partial charge in [0.15, 0.2) is 0 Å². The van der Waals surface area contributed by atoms with E-state index in [1.54, 1.807) is 23.1 Å². The second kappa shape index (κ2) is 10.9. The van der Waals surface area contributed by atoms with Gasteiger partial charge in [-0.15, -0.1) is 0 Å². The van der Waals surface area contributed by atoms with E-state index in [9.17, 15) is 22.0 Å². The van der Waals surface area contributed by atoms with Crippen LogP contribution in [0.1, 0.15) is 65.4 Å². The van der Waals surface area contributed by atoms with Crippen LogP contribution in [-0.4, -0.2) is 55.4 Å². The molecular formula is C32H31F2N5O5S. The molecule has 0 radical (unpaired) electrons. The number of rotatable bonds is 8. The molecule has 0 unspecified atom stereocenters. The Bertz CT molecular complexity index is 1960. The fourth-order valence-corrected chi connectivity index (χ4v) is 6.90. The highest BCUT2D eigenvalue weighted by Crippen LogP contribution is 2.56. The zero-order valence-corrected chi connectivity index (χ0v) is 25.5. The number of benzene rings is 1. The van der Waals surface area contributed by atoms with E-state index in [0.29, 0.717) is 11.3 Å². The molecule has 3 aliphatic rings. The Morgan fingerprint density at radius 1 is 1.18 bits per heavy atom. The topological polar surface area (TPSA) is 128 Å². The van der Waals surface area contributed by atoms with Gasteiger partial charge in [0, 0.05) is 59.7 Å². The van der Waals surface area contributed by atoms with Crippen molar-refractivity contribution < 1.29 is 31.3 Å². The lowest BCUT2D eigenvalue weighted by Crippen LogP contribution is -2.42. The molecule has 13 heteroatoms. The van der Waals surface area contributed by atoms with Crippen LogP contribution in [0.4, 0.5) is 14.5 Å². The highest BCUT2D eigenvalue weighted by Gasteiger charge is 2.44. The van der Waals surface area contributed by atoms with Crippen molar-refractivity contribution in [2.45, 2.75) is 51.6 Å². The van der Waals surface area contributed by atoms with Crippen molar-refractivity contribution in [2.75, 3.05) is 24.2 Å². The number of allylic oxidation sites excluding steroid dienone is 2. The maximum Gasteiger partial charge on any atom is 0.387 e. The maximum absolute atomic E-state index is 13.3. The van der Waals surface area contributed by atoms with Crippen LogP contribution in [0.3, 0.4) is 0 Å². The number of fused-ring (bicyclic) bond motifs is 1. The van der Waals surface area contributed by atoms with Crippen molar-refractivity contribution >= 4 is 38.1 Å². The van der Waals surface area contributed by atoms with E-state index in [-0.39, 0.29) is 22.4 Å². The molecule has 4 aromatic rings. The molecule has 0 atom stereocenters. The molecular weight excluding hydrogens is 604 g/mol. The van der Waals surface area contributed by atoms with Gasteiger partial charge in [0.1, 0.15) is 22.9 Å². The number of ether oxygens (including phenoxy) is 1. The van der Waals surface area contributed by atoms with Crippen molar-refractivity contribution in [3.63, 3.8) is 0 Å². The van der Waals surface area contributed by atoms with Gasteiger partial charge in [-0.05, 0) is 79.8 Å². The fraction of sp³-hybridized carbons (Fsp3) is 0.375. The van der Waals surface area contributed by atoms with Gasteiger partial charge < -0.3 is 14.2 Å². The van der Waals surface area contributed by atoms with Gasteiger partial charge >= 0.3 is 6.61 Å². The summed E-state index contributed by atoms with van der Waals surface area (Å²) in [5.41, 5.74) is 6.12. The molecule has 7 rings (SSSR count). The molecule has 10 nitrogen and oxygen atoms in total. The molecule has 2 fully saturated rings. The molecule has 45 heavy (non-hydrogen) atoms. The largest absolute Gasteiger partial charge is 0.434 e. The second-order valence-corrected chi connectivity index (χ2v) is 14.0. The van der Waals surface area contributed by atoms with Gasteiger partial charge in [-0.25, -0.2) is 18.1 Å². The lowest BCUT2D eigenvalue weighted by Gasteiger charge is -2.47. The first-order valence-electron chi connectivity index (χ1n) is 14.8. The lowest BCUT2D eigenvalue weighted by molar-refractivity contribution is -0.0488. The van der Waals surface area contributed by atoms with Crippen LogP contribution in [0.2, 0.25) is 0 Å². The van der Waals surface area contributed by atoms with Crippen LogP contribution in [0.15, 0.2) is 53.3 Å². The normalized spacial score (nSPS) is 17.8. The summed E-state index contributed by atoms with van der Waals surface area (Å²) in [6.07, 6.45) is 11.8. The molecule has 234 valence electrons. The third-order valence-electron chi connectivity index (χ3n) is 8.91. The Morgan fingerprint density at radius 3 is 2.60 bits per heavy atom. The van der Waals surface area contributed by atoms with Crippen molar-refractivity contribution in [3.05, 3.63) is 71.4 Å². The third-order valence-corrected chi connectivity index (χ3v) is 9.47. The minimum absolute atomic E-state index is 0.0649. The number of nitrogens with zero attached hydrogens (tertiary/aromatic N) is 4. The number of nitrogens with one attached hydrogen (secondary N) is 1. The zero-order valence-electron chi connectivity index (χ0n) is 24.7. The first-order valence-corrected chi connectivity index (χ1v) is 16.7. The average Bonchev–Trinajstić information content (AvgIpc) is 3.73. The van der Waals surface area contributed by atoms with E-state index in [1.807, 2.05) is 18.3 Å². The minimum atomic E-state index is -3.87. The van der Waals surface area contributed by atoms with Gasteiger partial charge in [0.2, 0.25) is 10.0 Å². The molecule has 1 saturated heterocycles. The molecule has 4 heterocycles. The summed E-state index contributed by atoms with van der Waals surface area (Å²) < 4.78 is 62.1. The van der Waals surface area contributed by atoms with Crippen molar-refractivity contribution in [2.24, 2.45) is 5.41 Å². The quantitative estimate of drug-likeness (QED) is 0.254. The van der Waals surface area contributed by atoms with Crippen molar-refractivity contribution in [1.82, 2.24) is 19.8 Å². The number of piperidine rings is 1. The summed E-state index contributed by atoms with van der Waals surface area (Å²) in [5, 5.41) is 4.80. The number of aromatic nitrogens is 3. The monoisotopic (exact) mass is 635 g/mol. The molecule has 1 saturated carbocycles. The lowest BCUT2D eigenvalue weighted by atomic mass is 9.63. The molecule has 1 amide bonds. The standard InChI is InChI=1S/C32H31F2N5O5S/c1-18-7-10-35-17-23(18)28-27(29(44-37-28)19-3-4-19)20-15-32(16-20)8-11-39(12-9-32)21-5-6-24-22(13-21)26(43-31(33)34)14-25(36-24)30(40)38-45(2,41)42/h5-7,10,13-15,17,19,31H,3-4,8-9,11-12,16H2,1-2H3,(H,38,40). The molecule has 1 spiro atoms. The Hall–Kier alpha value is -4.39. The van der Waals surface area contributed by atoms with Crippen LogP contribution in [-0.2, 0) is 10.0 Å². The van der Waals surface area contributed by atoms with E-state index in [1.165, 1.54) is 5.57 Å². The first-order chi connectivity index (χ1) is 21.5. The fourth-order valence-electron chi connectivity index (χ4n) is 6.45. The summed E-state index contributed by atoms with van der Waals surface area (Å²) in [7, 11) is -3.87. The Morgan fingerprint density at radius 2 is 1.93 bits per heavy atom. The number of pyridine rings is 2. The van der Waals surface area contributed by atoms with Crippen LogP contribution in [0, 0.1) is 12.3 Å². The van der Waals surface area contributed by atoms with Crippen molar-refractivity contribution in [1.29, 1.82) is 0 Å². The number of hydrogen-bond acceptors (Lipinski definition) is 9. The van der Waals surface area contributed by atoms with Crippen LogP contribution < -0.4 is 14.4 Å². The summed E-state index contributed by atoms with van der Waals surface area (Å²) in [5.74, 6) is 0.115. The Balaban J connectivity index is 1.12. The number of anilines is 1. The van der Waals surface area contributed by atoms with Crippen LogP contribution >= 0.6 is 0 Å². The summed E-state index contributed by atoms with van der Waals surface area (Å²) in [6, 6.07) is 8.18. The number of hydrogen-bond donors (Lipinski definition) is 1. The molecule has 3 aromatic heterocycles. The highest BCUT2D eigenvalue weighted by molar-refractivity contribution is 7.89. The van der Waals surface area contributed by atoms with Crippen LogP contribution in [0.5, 0.6) is 5.75 Å². The van der Waals surface area contributed by atoms with Crippen molar-refractivity contribution in [3.8, 4) is 17.0 Å².